The molecule has 3 N–H and O–H groups in total. The highest BCUT2D eigenvalue weighted by Gasteiger charge is 2.21. The van der Waals surface area contributed by atoms with Crippen LogP contribution in [-0.4, -0.2) is 56.2 Å². The molecule has 2 unspecified atom stereocenters. The molecule has 2 heterocycles. The van der Waals surface area contributed by atoms with E-state index < -0.39 is 18.1 Å². The fraction of sp³-hybridized carbons (Fsp3) is 0.0909. The third-order valence-corrected chi connectivity index (χ3v) is 10.3. The monoisotopic (exact) mass is 856 g/mol. The van der Waals surface area contributed by atoms with Crippen LogP contribution >= 0.6 is 0 Å². The Balaban J connectivity index is 0.000000194. The van der Waals surface area contributed by atoms with Crippen molar-refractivity contribution in [2.45, 2.75) is 24.9 Å². The first kappa shape index (κ1) is 44.6. The van der Waals surface area contributed by atoms with Crippen molar-refractivity contribution >= 4 is 47.9 Å². The summed E-state index contributed by atoms with van der Waals surface area (Å²) in [5, 5.41) is 15.9. The number of carboxylic acid groups (broad SMARTS) is 1. The minimum atomic E-state index is -0.927. The van der Waals surface area contributed by atoms with Gasteiger partial charge in [0.2, 0.25) is 0 Å². The zero-order valence-corrected chi connectivity index (χ0v) is 35.8. The number of anilines is 2. The second-order valence-electron chi connectivity index (χ2n) is 14.9. The molecule has 0 spiro atoms. The highest BCUT2D eigenvalue weighted by atomic mass is 16.5. The molecule has 2 atom stereocenters. The van der Waals surface area contributed by atoms with Crippen molar-refractivity contribution in [3.8, 4) is 22.5 Å². The fourth-order valence-electron chi connectivity index (χ4n) is 6.82. The Labute approximate surface area is 379 Å². The number of benzene rings is 6. The van der Waals surface area contributed by atoms with Crippen LogP contribution in [0.4, 0.5) is 11.6 Å². The lowest BCUT2D eigenvalue weighted by Gasteiger charge is -2.17. The summed E-state index contributed by atoms with van der Waals surface area (Å²) in [6.45, 7) is 0. The topological polar surface area (TPSA) is 139 Å². The number of nitrogens with zero attached hydrogens (tertiary/aromatic N) is 4. The number of nitrogens with one attached hydrogen (secondary N) is 2. The Morgan fingerprint density at radius 3 is 1.23 bits per heavy atom. The highest BCUT2D eigenvalue weighted by Crippen LogP contribution is 2.23. The molecule has 2 aromatic heterocycles. The van der Waals surface area contributed by atoms with E-state index in [4.69, 9.17) is 4.74 Å². The van der Waals surface area contributed by atoms with Crippen molar-refractivity contribution < 1.29 is 19.4 Å². The van der Waals surface area contributed by atoms with Crippen LogP contribution in [0.2, 0.25) is 0 Å². The van der Waals surface area contributed by atoms with Gasteiger partial charge in [-0.1, -0.05) is 194 Å². The van der Waals surface area contributed by atoms with Crippen LogP contribution < -0.4 is 10.6 Å². The summed E-state index contributed by atoms with van der Waals surface area (Å²) in [5.41, 5.74) is 9.86. The number of aromatic nitrogens is 4. The van der Waals surface area contributed by atoms with Crippen molar-refractivity contribution in [2.75, 3.05) is 17.7 Å². The average Bonchev–Trinajstić information content (AvgIpc) is 3.36. The van der Waals surface area contributed by atoms with E-state index >= 15 is 0 Å². The Hall–Kier alpha value is -8.50. The lowest BCUT2D eigenvalue weighted by molar-refractivity contribution is -0.141. The highest BCUT2D eigenvalue weighted by molar-refractivity contribution is 5.80. The van der Waals surface area contributed by atoms with E-state index in [9.17, 15) is 14.7 Å². The van der Waals surface area contributed by atoms with Gasteiger partial charge in [-0.3, -0.25) is 0 Å². The molecule has 0 saturated heterocycles. The number of methoxy groups -OCH3 is 1. The molecule has 0 aliphatic carbocycles. The summed E-state index contributed by atoms with van der Waals surface area (Å²) in [5.74, 6) is -0.220. The molecule has 65 heavy (non-hydrogen) atoms. The first-order valence-corrected chi connectivity index (χ1v) is 21.1. The fourth-order valence-corrected chi connectivity index (χ4v) is 6.82. The molecule has 0 aliphatic heterocycles. The van der Waals surface area contributed by atoms with Crippen LogP contribution in [0.1, 0.15) is 33.4 Å². The van der Waals surface area contributed by atoms with Gasteiger partial charge in [-0.05, 0) is 33.4 Å². The molecule has 10 nitrogen and oxygen atoms in total. The van der Waals surface area contributed by atoms with Crippen molar-refractivity contribution in [1.29, 1.82) is 0 Å². The van der Waals surface area contributed by atoms with Crippen molar-refractivity contribution in [3.05, 3.63) is 228 Å². The number of rotatable bonds is 16. The van der Waals surface area contributed by atoms with Gasteiger partial charge in [-0.2, -0.15) is 0 Å². The van der Waals surface area contributed by atoms with Crippen LogP contribution in [0.25, 0.3) is 46.8 Å². The Bertz CT molecular complexity index is 2790. The molecule has 10 heteroatoms. The number of hydrogen-bond donors (Lipinski definition) is 3. The van der Waals surface area contributed by atoms with Gasteiger partial charge in [0.25, 0.3) is 0 Å². The molecule has 8 aromatic rings. The van der Waals surface area contributed by atoms with Gasteiger partial charge in [-0.25, -0.2) is 29.5 Å². The van der Waals surface area contributed by atoms with E-state index in [2.05, 4.69) is 91.3 Å². The summed E-state index contributed by atoms with van der Waals surface area (Å²) in [6.07, 6.45) is 12.1. The number of hydrogen-bond acceptors (Lipinski definition) is 9. The van der Waals surface area contributed by atoms with Gasteiger partial charge in [0.1, 0.15) is 36.4 Å². The van der Waals surface area contributed by atoms with Gasteiger partial charge in [0.05, 0.1) is 18.5 Å². The molecule has 0 aliphatic rings. The van der Waals surface area contributed by atoms with E-state index in [-0.39, 0.29) is 5.97 Å². The van der Waals surface area contributed by atoms with E-state index in [1.54, 1.807) is 6.07 Å². The maximum atomic E-state index is 12.3. The third kappa shape index (κ3) is 13.7. The van der Waals surface area contributed by atoms with Crippen LogP contribution in [-0.2, 0) is 27.2 Å². The molecule has 0 saturated carbocycles. The van der Waals surface area contributed by atoms with Crippen molar-refractivity contribution in [2.24, 2.45) is 0 Å². The smallest absolute Gasteiger partial charge is 0.328 e. The Morgan fingerprint density at radius 1 is 0.492 bits per heavy atom. The summed E-state index contributed by atoms with van der Waals surface area (Å²) in [4.78, 5) is 41.4. The largest absolute Gasteiger partial charge is 0.480 e. The number of carbonyl (C=O) groups is 2. The minimum absolute atomic E-state index is 0.339. The van der Waals surface area contributed by atoms with Crippen molar-refractivity contribution in [1.82, 2.24) is 19.9 Å². The maximum absolute atomic E-state index is 12.3. The second-order valence-corrected chi connectivity index (χ2v) is 14.9. The third-order valence-electron chi connectivity index (χ3n) is 10.3. The van der Waals surface area contributed by atoms with E-state index in [1.165, 1.54) is 19.8 Å². The molecule has 0 radical (unpaired) electrons. The van der Waals surface area contributed by atoms with Gasteiger partial charge in [-0.15, -0.1) is 0 Å². The average molecular weight is 857 g/mol. The quantitative estimate of drug-likeness (QED) is 0.0636. The van der Waals surface area contributed by atoms with Crippen LogP contribution in [0.3, 0.4) is 0 Å². The molecular formula is C55H48N6O4. The SMILES string of the molecule is COC(=O)C(Cc1ccccc1)Nc1cc(-c2ccc(/C=C\c3ccccc3)cc2)ncn1.O=C(O)C(Cc1ccccc1)Nc1cc(-c2ccc(/C=C\c3ccccc3)cc2)ncn1. The van der Waals surface area contributed by atoms with E-state index in [1.807, 2.05) is 140 Å². The standard InChI is InChI=1S/C28H25N3O2.C27H23N3O2/c1-33-28(32)26(18-23-10-6-3-7-11-23)31-27-19-25(29-20-30-27)24-16-14-22(15-17-24)13-12-21-8-4-2-5-9-21;31-27(32)25(17-22-9-5-2-6-10-22)30-26-18-24(28-19-29-26)23-15-13-21(14-16-23)12-11-20-7-3-1-4-8-20/h2-17,19-20,26H,18H2,1H3,(H,29,30,31);1-16,18-19,25H,17H2,(H,31,32)(H,28,29,30)/b13-12-;12-11-. The summed E-state index contributed by atoms with van der Waals surface area (Å²) >= 11 is 0. The number of carbonyl (C=O) groups excluding carboxylic acids is 1. The Kier molecular flexibility index (Phi) is 15.8. The summed E-state index contributed by atoms with van der Waals surface area (Å²) < 4.78 is 4.99. The van der Waals surface area contributed by atoms with E-state index in [0.29, 0.717) is 24.5 Å². The van der Waals surface area contributed by atoms with Crippen LogP contribution in [0, 0.1) is 0 Å². The van der Waals surface area contributed by atoms with Crippen molar-refractivity contribution in [3.63, 3.8) is 0 Å². The van der Waals surface area contributed by atoms with Crippen LogP contribution in [0.5, 0.6) is 0 Å². The zero-order chi connectivity index (χ0) is 45.1. The van der Waals surface area contributed by atoms with Gasteiger partial charge < -0.3 is 20.5 Å². The molecule has 322 valence electrons. The number of aliphatic carboxylic acids is 1. The molecule has 6 aromatic carbocycles. The maximum Gasteiger partial charge on any atom is 0.328 e. The zero-order valence-electron chi connectivity index (χ0n) is 35.8. The minimum Gasteiger partial charge on any atom is -0.480 e. The summed E-state index contributed by atoms with van der Waals surface area (Å²) in [6, 6.07) is 58.2. The van der Waals surface area contributed by atoms with Gasteiger partial charge in [0.15, 0.2) is 0 Å². The summed E-state index contributed by atoms with van der Waals surface area (Å²) in [7, 11) is 1.39. The van der Waals surface area contributed by atoms with Gasteiger partial charge >= 0.3 is 11.9 Å². The Morgan fingerprint density at radius 2 is 0.846 bits per heavy atom. The van der Waals surface area contributed by atoms with Crippen LogP contribution in [0.15, 0.2) is 195 Å². The predicted octanol–water partition coefficient (Wildman–Crippen LogP) is 10.9. The number of esters is 1. The second kappa shape index (κ2) is 23.1. The number of carboxylic acids is 1. The lowest BCUT2D eigenvalue weighted by Crippen LogP contribution is -2.33. The molecule has 0 bridgehead atoms. The molecule has 0 amide bonds. The first-order chi connectivity index (χ1) is 31.9. The normalized spacial score (nSPS) is 11.8. The molecule has 8 rings (SSSR count). The first-order valence-electron chi connectivity index (χ1n) is 21.1. The predicted molar refractivity (Wildman–Crippen MR) is 260 cm³/mol. The molecular weight excluding hydrogens is 809 g/mol. The van der Waals surface area contributed by atoms with Gasteiger partial charge in [0, 0.05) is 36.1 Å². The number of ether oxygens (including phenoxy) is 1. The molecule has 0 fully saturated rings. The van der Waals surface area contributed by atoms with E-state index in [0.717, 1.165) is 55.9 Å². The lowest BCUT2D eigenvalue weighted by atomic mass is 10.1.